The molecule has 0 saturated carbocycles. The van der Waals surface area contributed by atoms with Crippen molar-refractivity contribution in [1.82, 2.24) is 19.7 Å². The quantitative estimate of drug-likeness (QED) is 0.606. The highest BCUT2D eigenvalue weighted by Crippen LogP contribution is 2.37. The third-order valence-corrected chi connectivity index (χ3v) is 6.21. The lowest BCUT2D eigenvalue weighted by Gasteiger charge is -2.23. The number of thioether (sulfide) groups is 1. The fraction of sp³-hybridized carbons (Fsp3) is 0.318. The molecule has 3 aromatic rings. The van der Waals surface area contributed by atoms with Crippen LogP contribution in [0.5, 0.6) is 0 Å². The van der Waals surface area contributed by atoms with Crippen LogP contribution in [0.3, 0.4) is 0 Å². The molecule has 1 aromatic heterocycles. The van der Waals surface area contributed by atoms with E-state index < -0.39 is 0 Å². The van der Waals surface area contributed by atoms with Gasteiger partial charge in [-0.2, -0.15) is 0 Å². The van der Waals surface area contributed by atoms with Gasteiger partial charge >= 0.3 is 0 Å². The van der Waals surface area contributed by atoms with Crippen LogP contribution in [0.25, 0.3) is 5.69 Å². The largest absolute Gasteiger partial charge is 0.341 e. The summed E-state index contributed by atoms with van der Waals surface area (Å²) in [5.74, 6) is 0.971. The molecule has 0 bridgehead atoms. The molecule has 28 heavy (non-hydrogen) atoms. The average Bonchev–Trinajstić information content (AvgIpc) is 3.36. The molecule has 2 heterocycles. The van der Waals surface area contributed by atoms with Crippen LogP contribution >= 0.6 is 11.8 Å². The number of benzene rings is 2. The number of carbonyl (C=O) groups excluding carboxylic acids is 1. The summed E-state index contributed by atoms with van der Waals surface area (Å²) in [4.78, 5) is 15.3. The first-order chi connectivity index (χ1) is 13.6. The number of aryl methyl sites for hydroxylation is 2. The molecule has 4 rings (SSSR count). The smallest absolute Gasteiger partial charge is 0.240 e. The second-order valence-corrected chi connectivity index (χ2v) is 8.22. The van der Waals surface area contributed by atoms with Crippen LogP contribution in [0.15, 0.2) is 59.8 Å². The fourth-order valence-electron chi connectivity index (χ4n) is 3.58. The maximum absolute atomic E-state index is 13.3. The molecule has 0 unspecified atom stereocenters. The number of aromatic nitrogens is 3. The summed E-state index contributed by atoms with van der Waals surface area (Å²) in [5.41, 5.74) is 3.19. The van der Waals surface area contributed by atoms with Gasteiger partial charge in [-0.15, -0.1) is 10.2 Å². The van der Waals surface area contributed by atoms with Gasteiger partial charge in [0, 0.05) is 18.8 Å². The molecular formula is C22H24N4OS. The lowest BCUT2D eigenvalue weighted by Crippen LogP contribution is -2.31. The van der Waals surface area contributed by atoms with E-state index in [-0.39, 0.29) is 11.2 Å². The van der Waals surface area contributed by atoms with Crippen LogP contribution in [0.1, 0.15) is 35.0 Å². The number of hydrogen-bond acceptors (Lipinski definition) is 4. The van der Waals surface area contributed by atoms with Crippen molar-refractivity contribution in [3.63, 3.8) is 0 Å². The first-order valence-corrected chi connectivity index (χ1v) is 10.5. The van der Waals surface area contributed by atoms with Crippen molar-refractivity contribution in [2.45, 2.75) is 37.1 Å². The van der Waals surface area contributed by atoms with Gasteiger partial charge in [0.25, 0.3) is 0 Å². The number of amides is 1. The Morgan fingerprint density at radius 2 is 1.75 bits per heavy atom. The van der Waals surface area contributed by atoms with Crippen molar-refractivity contribution in [3.8, 4) is 5.69 Å². The van der Waals surface area contributed by atoms with Crippen molar-refractivity contribution in [2.75, 3.05) is 13.1 Å². The van der Waals surface area contributed by atoms with Gasteiger partial charge in [0.1, 0.15) is 11.1 Å². The first kappa shape index (κ1) is 18.7. The Bertz CT molecular complexity index is 964. The Hall–Kier alpha value is -2.60. The first-order valence-electron chi connectivity index (χ1n) is 9.63. The molecule has 0 spiro atoms. The van der Waals surface area contributed by atoms with E-state index in [4.69, 9.17) is 0 Å². The van der Waals surface area contributed by atoms with Gasteiger partial charge in [0.05, 0.1) is 0 Å². The van der Waals surface area contributed by atoms with Crippen LogP contribution < -0.4 is 0 Å². The average molecular weight is 393 g/mol. The van der Waals surface area contributed by atoms with Crippen molar-refractivity contribution < 1.29 is 4.79 Å². The van der Waals surface area contributed by atoms with Gasteiger partial charge in [-0.25, -0.2) is 0 Å². The summed E-state index contributed by atoms with van der Waals surface area (Å²) >= 11 is 1.48. The molecule has 1 aliphatic rings. The van der Waals surface area contributed by atoms with Gasteiger partial charge in [-0.1, -0.05) is 54.2 Å². The van der Waals surface area contributed by atoms with E-state index in [0.717, 1.165) is 48.2 Å². The fourth-order valence-corrected chi connectivity index (χ4v) is 4.77. The molecule has 1 atom stereocenters. The summed E-state index contributed by atoms with van der Waals surface area (Å²) in [6.45, 7) is 5.69. The molecule has 6 heteroatoms. The SMILES string of the molecule is Cc1cccc(-n2c(C)nnc2S[C@H](C(=O)N2CCCC2)c2ccccc2)c1. The third-order valence-electron chi connectivity index (χ3n) is 5.02. The summed E-state index contributed by atoms with van der Waals surface area (Å²) in [5, 5.41) is 9.11. The molecule has 1 fully saturated rings. The maximum atomic E-state index is 13.3. The van der Waals surface area contributed by atoms with Crippen LogP contribution in [0.4, 0.5) is 0 Å². The molecule has 5 nitrogen and oxygen atoms in total. The Morgan fingerprint density at radius 1 is 1.00 bits per heavy atom. The Labute approximate surface area is 169 Å². The maximum Gasteiger partial charge on any atom is 0.240 e. The number of carbonyl (C=O) groups is 1. The number of hydrogen-bond donors (Lipinski definition) is 0. The molecule has 144 valence electrons. The van der Waals surface area contributed by atoms with E-state index in [1.54, 1.807) is 0 Å². The molecule has 0 radical (unpaired) electrons. The monoisotopic (exact) mass is 392 g/mol. The van der Waals surface area contributed by atoms with E-state index in [0.29, 0.717) is 0 Å². The zero-order valence-electron chi connectivity index (χ0n) is 16.2. The second kappa shape index (κ2) is 8.19. The normalized spacial score (nSPS) is 15.0. The second-order valence-electron chi connectivity index (χ2n) is 7.15. The Morgan fingerprint density at radius 3 is 2.46 bits per heavy atom. The van der Waals surface area contributed by atoms with Crippen molar-refractivity contribution in [3.05, 3.63) is 71.5 Å². The van der Waals surface area contributed by atoms with E-state index >= 15 is 0 Å². The van der Waals surface area contributed by atoms with Gasteiger partial charge in [-0.05, 0) is 49.9 Å². The standard InChI is InChI=1S/C22H24N4OS/c1-16-9-8-12-19(15-16)26-17(2)23-24-22(26)28-20(18-10-4-3-5-11-18)21(27)25-13-6-7-14-25/h3-5,8-12,15,20H,6-7,13-14H2,1-2H3/t20-/m0/s1. The lowest BCUT2D eigenvalue weighted by molar-refractivity contribution is -0.129. The number of likely N-dealkylation sites (tertiary alicyclic amines) is 1. The van der Waals surface area contributed by atoms with Gasteiger partial charge < -0.3 is 4.90 Å². The van der Waals surface area contributed by atoms with E-state index in [1.165, 1.54) is 17.3 Å². The zero-order chi connectivity index (χ0) is 19.5. The Balaban J connectivity index is 1.71. The summed E-state index contributed by atoms with van der Waals surface area (Å²) < 4.78 is 2.03. The molecule has 2 aromatic carbocycles. The summed E-state index contributed by atoms with van der Waals surface area (Å²) in [6.07, 6.45) is 2.16. The number of nitrogens with zero attached hydrogens (tertiary/aromatic N) is 4. The Kier molecular flexibility index (Phi) is 5.48. The molecule has 1 aliphatic heterocycles. The van der Waals surface area contributed by atoms with Crippen LogP contribution in [0.2, 0.25) is 0 Å². The van der Waals surface area contributed by atoms with Crippen molar-refractivity contribution in [1.29, 1.82) is 0 Å². The van der Waals surface area contributed by atoms with Crippen LogP contribution in [-0.4, -0.2) is 38.7 Å². The molecule has 1 saturated heterocycles. The molecule has 0 aliphatic carbocycles. The minimum atomic E-state index is -0.327. The topological polar surface area (TPSA) is 51.0 Å². The predicted molar refractivity (Wildman–Crippen MR) is 112 cm³/mol. The van der Waals surface area contributed by atoms with E-state index in [2.05, 4.69) is 29.3 Å². The highest BCUT2D eigenvalue weighted by Gasteiger charge is 2.30. The zero-order valence-corrected chi connectivity index (χ0v) is 17.0. The minimum Gasteiger partial charge on any atom is -0.341 e. The lowest BCUT2D eigenvalue weighted by atomic mass is 10.1. The summed E-state index contributed by atoms with van der Waals surface area (Å²) in [7, 11) is 0. The molecular weight excluding hydrogens is 368 g/mol. The highest BCUT2D eigenvalue weighted by atomic mass is 32.2. The van der Waals surface area contributed by atoms with Gasteiger partial charge in [0.2, 0.25) is 5.91 Å². The van der Waals surface area contributed by atoms with Gasteiger partial charge in [0.15, 0.2) is 5.16 Å². The molecule has 1 amide bonds. The van der Waals surface area contributed by atoms with Crippen molar-refractivity contribution >= 4 is 17.7 Å². The van der Waals surface area contributed by atoms with Crippen LogP contribution in [-0.2, 0) is 4.79 Å². The van der Waals surface area contributed by atoms with Crippen molar-refractivity contribution in [2.24, 2.45) is 0 Å². The highest BCUT2D eigenvalue weighted by molar-refractivity contribution is 8.00. The predicted octanol–water partition coefficient (Wildman–Crippen LogP) is 4.34. The van der Waals surface area contributed by atoms with Gasteiger partial charge in [-0.3, -0.25) is 9.36 Å². The third kappa shape index (κ3) is 3.83. The minimum absolute atomic E-state index is 0.158. The number of rotatable bonds is 5. The van der Waals surface area contributed by atoms with E-state index in [1.807, 2.05) is 58.9 Å². The summed E-state index contributed by atoms with van der Waals surface area (Å²) in [6, 6.07) is 18.2. The molecule has 0 N–H and O–H groups in total. The van der Waals surface area contributed by atoms with E-state index in [9.17, 15) is 4.79 Å². The van der Waals surface area contributed by atoms with Crippen LogP contribution in [0, 0.1) is 13.8 Å².